The third kappa shape index (κ3) is 4.90. The lowest BCUT2D eigenvalue weighted by Gasteiger charge is -2.06. The smallest absolute Gasteiger partial charge is 0.255 e. The first-order valence-electron chi connectivity index (χ1n) is 9.47. The zero-order valence-corrected chi connectivity index (χ0v) is 17.5. The lowest BCUT2D eigenvalue weighted by molar-refractivity contribution is 0.102. The minimum atomic E-state index is -0.198. The summed E-state index contributed by atoms with van der Waals surface area (Å²) in [4.78, 5) is 12.5. The molecule has 2 aromatic carbocycles. The molecule has 2 aromatic heterocycles. The number of aryl methyl sites for hydroxylation is 2. The Kier molecular flexibility index (Phi) is 5.85. The Morgan fingerprint density at radius 2 is 1.97 bits per heavy atom. The van der Waals surface area contributed by atoms with E-state index in [9.17, 15) is 4.79 Å². The van der Waals surface area contributed by atoms with Gasteiger partial charge in [-0.2, -0.15) is 13.8 Å². The van der Waals surface area contributed by atoms with Crippen LogP contribution in [-0.4, -0.2) is 24.4 Å². The number of benzene rings is 2. The highest BCUT2D eigenvalue weighted by Crippen LogP contribution is 2.17. The predicted molar refractivity (Wildman–Crippen MR) is 116 cm³/mol. The average Bonchev–Trinajstić information content (AvgIpc) is 3.35. The van der Waals surface area contributed by atoms with Crippen molar-refractivity contribution in [1.82, 2.24) is 18.5 Å². The number of hydrogen-bond donors (Lipinski definition) is 1. The van der Waals surface area contributed by atoms with Crippen LogP contribution in [0, 0.1) is 13.8 Å². The van der Waals surface area contributed by atoms with Crippen LogP contribution in [-0.2, 0) is 13.2 Å². The van der Waals surface area contributed by atoms with Crippen LogP contribution in [0.25, 0.3) is 0 Å². The zero-order chi connectivity index (χ0) is 20.9. The molecule has 4 rings (SSSR count). The largest absolute Gasteiger partial charge is 0.487 e. The van der Waals surface area contributed by atoms with E-state index in [2.05, 4.69) is 44.3 Å². The van der Waals surface area contributed by atoms with Crippen molar-refractivity contribution in [2.45, 2.75) is 27.0 Å². The van der Waals surface area contributed by atoms with Gasteiger partial charge < -0.3 is 10.1 Å². The molecule has 0 radical (unpaired) electrons. The lowest BCUT2D eigenvalue weighted by atomic mass is 10.1. The van der Waals surface area contributed by atoms with Gasteiger partial charge in [0.1, 0.15) is 18.1 Å². The molecule has 152 valence electrons. The van der Waals surface area contributed by atoms with E-state index in [-0.39, 0.29) is 5.91 Å². The summed E-state index contributed by atoms with van der Waals surface area (Å²) in [5, 5.41) is 7.21. The molecular weight excluding hydrogens is 398 g/mol. The average molecular weight is 420 g/mol. The van der Waals surface area contributed by atoms with Gasteiger partial charge in [-0.1, -0.05) is 29.8 Å². The Bertz CT molecular complexity index is 1150. The SMILES string of the molecule is Cc1cccc(Cn2cc(NC(=O)c3ccc(OCc4nsnc4C)cc3)cn2)c1. The van der Waals surface area contributed by atoms with Gasteiger partial charge in [0.25, 0.3) is 5.91 Å². The maximum absolute atomic E-state index is 12.5. The summed E-state index contributed by atoms with van der Waals surface area (Å²) in [6.45, 7) is 4.97. The fourth-order valence-corrected chi connectivity index (χ4v) is 3.50. The van der Waals surface area contributed by atoms with E-state index in [1.54, 1.807) is 35.1 Å². The molecule has 0 saturated heterocycles. The van der Waals surface area contributed by atoms with Gasteiger partial charge in [-0.05, 0) is 43.7 Å². The summed E-state index contributed by atoms with van der Waals surface area (Å²) in [6, 6.07) is 15.3. The van der Waals surface area contributed by atoms with Crippen molar-refractivity contribution in [2.24, 2.45) is 0 Å². The first kappa shape index (κ1) is 19.8. The highest BCUT2D eigenvalue weighted by Gasteiger charge is 2.09. The number of ether oxygens (including phenoxy) is 1. The molecule has 0 fully saturated rings. The van der Waals surface area contributed by atoms with Crippen molar-refractivity contribution in [2.75, 3.05) is 5.32 Å². The molecule has 0 aliphatic rings. The van der Waals surface area contributed by atoms with Crippen LogP contribution >= 0.6 is 11.7 Å². The van der Waals surface area contributed by atoms with Crippen LogP contribution in [0.3, 0.4) is 0 Å². The van der Waals surface area contributed by atoms with E-state index in [1.165, 1.54) is 17.3 Å². The molecule has 1 amide bonds. The van der Waals surface area contributed by atoms with Gasteiger partial charge >= 0.3 is 0 Å². The maximum Gasteiger partial charge on any atom is 0.255 e. The van der Waals surface area contributed by atoms with E-state index in [0.29, 0.717) is 30.2 Å². The third-order valence-corrected chi connectivity index (χ3v) is 5.21. The summed E-state index contributed by atoms with van der Waals surface area (Å²) >= 11 is 1.17. The van der Waals surface area contributed by atoms with Crippen LogP contribution < -0.4 is 10.1 Å². The third-order valence-electron chi connectivity index (χ3n) is 4.56. The second-order valence-corrected chi connectivity index (χ2v) is 7.51. The molecule has 0 bridgehead atoms. The van der Waals surface area contributed by atoms with E-state index in [1.807, 2.05) is 19.2 Å². The number of rotatable bonds is 7. The van der Waals surface area contributed by atoms with Crippen molar-refractivity contribution in [3.05, 3.63) is 89.0 Å². The Hall–Kier alpha value is -3.52. The van der Waals surface area contributed by atoms with Gasteiger partial charge in [-0.25, -0.2) is 0 Å². The molecule has 0 unspecified atom stereocenters. The number of nitrogens with zero attached hydrogens (tertiary/aromatic N) is 4. The molecule has 7 nitrogen and oxygen atoms in total. The number of carbonyl (C=O) groups is 1. The number of aromatic nitrogens is 4. The standard InChI is InChI=1S/C22H21N5O2S/c1-15-4-3-5-17(10-15)12-27-13-19(11-23-27)24-22(28)18-6-8-20(9-7-18)29-14-21-16(2)25-30-26-21/h3-11,13H,12,14H2,1-2H3,(H,24,28). The number of nitrogens with one attached hydrogen (secondary N) is 1. The molecule has 4 aromatic rings. The van der Waals surface area contributed by atoms with Gasteiger partial charge in [0.2, 0.25) is 0 Å². The minimum Gasteiger partial charge on any atom is -0.487 e. The van der Waals surface area contributed by atoms with Crippen LogP contribution in [0.4, 0.5) is 5.69 Å². The summed E-state index contributed by atoms with van der Waals surface area (Å²) in [6.07, 6.45) is 3.47. The number of hydrogen-bond acceptors (Lipinski definition) is 6. The van der Waals surface area contributed by atoms with Crippen molar-refractivity contribution < 1.29 is 9.53 Å². The first-order chi connectivity index (χ1) is 14.6. The molecule has 0 aliphatic carbocycles. The number of amides is 1. The fraction of sp³-hybridized carbons (Fsp3) is 0.182. The van der Waals surface area contributed by atoms with Crippen molar-refractivity contribution >= 4 is 23.3 Å². The van der Waals surface area contributed by atoms with Gasteiger partial charge in [0.15, 0.2) is 0 Å². The Labute approximate surface area is 178 Å². The second-order valence-electron chi connectivity index (χ2n) is 6.98. The zero-order valence-electron chi connectivity index (χ0n) is 16.7. The maximum atomic E-state index is 12.5. The van der Waals surface area contributed by atoms with Crippen LogP contribution in [0.1, 0.15) is 32.9 Å². The molecule has 8 heteroatoms. The predicted octanol–water partition coefficient (Wildman–Crippen LogP) is 4.23. The number of anilines is 1. The number of carbonyl (C=O) groups excluding carboxylic acids is 1. The molecule has 30 heavy (non-hydrogen) atoms. The topological polar surface area (TPSA) is 81.9 Å². The lowest BCUT2D eigenvalue weighted by Crippen LogP contribution is -2.11. The second kappa shape index (κ2) is 8.87. The van der Waals surface area contributed by atoms with Crippen molar-refractivity contribution in [3.8, 4) is 5.75 Å². The van der Waals surface area contributed by atoms with Crippen molar-refractivity contribution in [1.29, 1.82) is 0 Å². The Morgan fingerprint density at radius 1 is 1.13 bits per heavy atom. The van der Waals surface area contributed by atoms with E-state index in [4.69, 9.17) is 4.74 Å². The van der Waals surface area contributed by atoms with Crippen LogP contribution in [0.2, 0.25) is 0 Å². The molecule has 0 aliphatic heterocycles. The van der Waals surface area contributed by atoms with Crippen molar-refractivity contribution in [3.63, 3.8) is 0 Å². The first-order valence-corrected chi connectivity index (χ1v) is 10.2. The highest BCUT2D eigenvalue weighted by atomic mass is 32.1. The molecule has 2 heterocycles. The van der Waals surface area contributed by atoms with Crippen LogP contribution in [0.5, 0.6) is 5.75 Å². The quantitative estimate of drug-likeness (QED) is 0.485. The molecular formula is C22H21N5O2S. The monoisotopic (exact) mass is 419 g/mol. The molecule has 0 atom stereocenters. The highest BCUT2D eigenvalue weighted by molar-refractivity contribution is 6.99. The normalized spacial score (nSPS) is 10.7. The summed E-state index contributed by atoms with van der Waals surface area (Å²) in [5.41, 5.74) is 5.26. The molecule has 1 N–H and O–H groups in total. The Balaban J connectivity index is 1.33. The van der Waals surface area contributed by atoms with E-state index >= 15 is 0 Å². The summed E-state index contributed by atoms with van der Waals surface area (Å²) in [5.74, 6) is 0.473. The minimum absolute atomic E-state index is 0.198. The van der Waals surface area contributed by atoms with Crippen LogP contribution in [0.15, 0.2) is 60.9 Å². The fourth-order valence-electron chi connectivity index (χ4n) is 2.95. The van der Waals surface area contributed by atoms with Gasteiger partial charge in [0, 0.05) is 11.8 Å². The van der Waals surface area contributed by atoms with E-state index < -0.39 is 0 Å². The van der Waals surface area contributed by atoms with Gasteiger partial charge in [0.05, 0.1) is 35.9 Å². The molecule has 0 saturated carbocycles. The molecule has 0 spiro atoms. The Morgan fingerprint density at radius 3 is 2.70 bits per heavy atom. The summed E-state index contributed by atoms with van der Waals surface area (Å²) < 4.78 is 15.8. The van der Waals surface area contributed by atoms with E-state index in [0.717, 1.165) is 17.0 Å². The van der Waals surface area contributed by atoms with Gasteiger partial charge in [-0.3, -0.25) is 9.48 Å². The summed E-state index contributed by atoms with van der Waals surface area (Å²) in [7, 11) is 0. The van der Waals surface area contributed by atoms with Gasteiger partial charge in [-0.15, -0.1) is 0 Å².